The third-order valence-electron chi connectivity index (χ3n) is 1.16. The number of aliphatic hydroxyl groups excluding tert-OH is 1. The fourth-order valence-electron chi connectivity index (χ4n) is 0.645. The monoisotopic (exact) mass is 137 g/mol. The maximum absolute atomic E-state index is 12.1. The molecule has 1 heterocycles. The molecular weight excluding hydrogens is 132 g/mol. The standard InChI is InChI=1S/C4H5F2NO2/c5-3-2(8)1-7(6)4(3)9/h2-3,8H,1H2. The summed E-state index contributed by atoms with van der Waals surface area (Å²) in [5.74, 6) is -1.29. The Kier molecular flexibility index (Phi) is 1.36. The summed E-state index contributed by atoms with van der Waals surface area (Å²) in [6, 6.07) is 0. The molecule has 1 amide bonds. The van der Waals surface area contributed by atoms with Crippen molar-refractivity contribution in [3.05, 3.63) is 0 Å². The molecule has 0 aromatic rings. The molecule has 5 heteroatoms. The summed E-state index contributed by atoms with van der Waals surface area (Å²) in [6.45, 7) is -0.556. The molecule has 1 fully saturated rings. The van der Waals surface area contributed by atoms with Crippen LogP contribution in [-0.2, 0) is 4.79 Å². The minimum atomic E-state index is -2.07. The molecule has 0 saturated carbocycles. The molecule has 0 spiro atoms. The molecule has 2 atom stereocenters. The van der Waals surface area contributed by atoms with E-state index in [0.29, 0.717) is 0 Å². The molecule has 0 aromatic carbocycles. The van der Waals surface area contributed by atoms with Crippen LogP contribution in [0.15, 0.2) is 0 Å². The molecule has 9 heavy (non-hydrogen) atoms. The maximum Gasteiger partial charge on any atom is 0.287 e. The van der Waals surface area contributed by atoms with E-state index in [1.54, 1.807) is 0 Å². The van der Waals surface area contributed by atoms with E-state index in [2.05, 4.69) is 0 Å². The van der Waals surface area contributed by atoms with Crippen LogP contribution in [0.5, 0.6) is 0 Å². The number of hydrogen-bond acceptors (Lipinski definition) is 2. The predicted octanol–water partition coefficient (Wildman–Crippen LogP) is -0.588. The lowest BCUT2D eigenvalue weighted by molar-refractivity contribution is -0.144. The van der Waals surface area contributed by atoms with Crippen molar-refractivity contribution in [3.63, 3.8) is 0 Å². The van der Waals surface area contributed by atoms with Crippen molar-refractivity contribution < 1.29 is 18.8 Å². The summed E-state index contributed by atoms with van der Waals surface area (Å²) < 4.78 is 24.0. The lowest BCUT2D eigenvalue weighted by Crippen LogP contribution is -2.22. The number of aliphatic hydroxyl groups is 1. The molecule has 3 nitrogen and oxygen atoms in total. The highest BCUT2D eigenvalue weighted by molar-refractivity contribution is 5.82. The molecular formula is C4H5F2NO2. The Morgan fingerprint density at radius 3 is 2.44 bits per heavy atom. The second-order valence-electron chi connectivity index (χ2n) is 1.85. The third-order valence-corrected chi connectivity index (χ3v) is 1.16. The number of halogens is 2. The quantitative estimate of drug-likeness (QED) is 0.453. The van der Waals surface area contributed by atoms with Gasteiger partial charge >= 0.3 is 0 Å². The molecule has 2 unspecified atom stereocenters. The van der Waals surface area contributed by atoms with Gasteiger partial charge in [0.25, 0.3) is 5.91 Å². The number of β-amino-alcohol motifs (C(OH)–C–C–N with tert-alkyl or cyclic N) is 1. The summed E-state index contributed by atoms with van der Waals surface area (Å²) in [5, 5.41) is 8.14. The predicted molar refractivity (Wildman–Crippen MR) is 23.7 cm³/mol. The summed E-state index contributed by atoms with van der Waals surface area (Å²) in [4.78, 5) is 10.1. The largest absolute Gasteiger partial charge is 0.388 e. The van der Waals surface area contributed by atoms with Gasteiger partial charge in [0.1, 0.15) is 6.10 Å². The van der Waals surface area contributed by atoms with Crippen molar-refractivity contribution in [2.24, 2.45) is 0 Å². The smallest absolute Gasteiger partial charge is 0.287 e. The van der Waals surface area contributed by atoms with Gasteiger partial charge in [-0.2, -0.15) is 5.12 Å². The molecule has 0 aliphatic carbocycles. The van der Waals surface area contributed by atoms with Gasteiger partial charge in [0, 0.05) is 0 Å². The topological polar surface area (TPSA) is 40.5 Å². The van der Waals surface area contributed by atoms with E-state index in [4.69, 9.17) is 5.11 Å². The number of amides is 1. The van der Waals surface area contributed by atoms with Crippen LogP contribution in [0.1, 0.15) is 0 Å². The van der Waals surface area contributed by atoms with E-state index < -0.39 is 24.7 Å². The van der Waals surface area contributed by atoms with E-state index >= 15 is 0 Å². The van der Waals surface area contributed by atoms with Crippen LogP contribution in [-0.4, -0.2) is 35.0 Å². The molecule has 0 aromatic heterocycles. The van der Waals surface area contributed by atoms with Crippen molar-refractivity contribution in [2.45, 2.75) is 12.3 Å². The van der Waals surface area contributed by atoms with Crippen LogP contribution < -0.4 is 0 Å². The van der Waals surface area contributed by atoms with Crippen LogP contribution in [0.4, 0.5) is 8.87 Å². The van der Waals surface area contributed by atoms with E-state index in [0.717, 1.165) is 0 Å². The Balaban J connectivity index is 2.65. The number of alkyl halides is 1. The Morgan fingerprint density at radius 1 is 1.78 bits per heavy atom. The van der Waals surface area contributed by atoms with Gasteiger partial charge in [-0.25, -0.2) is 4.39 Å². The van der Waals surface area contributed by atoms with Crippen LogP contribution in [0.3, 0.4) is 0 Å². The fraction of sp³-hybridized carbons (Fsp3) is 0.750. The first kappa shape index (κ1) is 6.41. The van der Waals surface area contributed by atoms with Crippen molar-refractivity contribution in [1.29, 1.82) is 0 Å². The van der Waals surface area contributed by atoms with Crippen molar-refractivity contribution in [2.75, 3.05) is 6.54 Å². The molecule has 1 aliphatic heterocycles. The minimum Gasteiger partial charge on any atom is -0.388 e. The van der Waals surface area contributed by atoms with Crippen molar-refractivity contribution in [1.82, 2.24) is 5.12 Å². The number of hydrogen-bond donors (Lipinski definition) is 1. The number of carbonyl (C=O) groups excluding carboxylic acids is 1. The second kappa shape index (κ2) is 1.91. The maximum atomic E-state index is 12.1. The first-order chi connectivity index (χ1) is 4.13. The Labute approximate surface area is 49.8 Å². The Bertz CT molecular complexity index is 141. The van der Waals surface area contributed by atoms with E-state index in [1.165, 1.54) is 0 Å². The van der Waals surface area contributed by atoms with Crippen LogP contribution >= 0.6 is 0 Å². The summed E-state index contributed by atoms with van der Waals surface area (Å²) in [6.07, 6.45) is -3.57. The normalized spacial score (nSPS) is 35.9. The Hall–Kier alpha value is -0.710. The van der Waals surface area contributed by atoms with Crippen molar-refractivity contribution in [3.8, 4) is 0 Å². The molecule has 1 rings (SSSR count). The highest BCUT2D eigenvalue weighted by Gasteiger charge is 2.40. The third kappa shape index (κ3) is 0.873. The SMILES string of the molecule is O=C1C(F)C(O)CN1F. The number of carbonyl (C=O) groups is 1. The molecule has 1 aliphatic rings. The zero-order chi connectivity index (χ0) is 7.02. The lowest BCUT2D eigenvalue weighted by atomic mass is 10.3. The number of nitrogens with zero attached hydrogens (tertiary/aromatic N) is 1. The van der Waals surface area contributed by atoms with Gasteiger partial charge in [-0.1, -0.05) is 4.48 Å². The van der Waals surface area contributed by atoms with Gasteiger partial charge in [-0.3, -0.25) is 4.79 Å². The first-order valence-corrected chi connectivity index (χ1v) is 2.42. The fourth-order valence-corrected chi connectivity index (χ4v) is 0.645. The van der Waals surface area contributed by atoms with E-state index in [9.17, 15) is 13.7 Å². The zero-order valence-electron chi connectivity index (χ0n) is 4.42. The minimum absolute atomic E-state index is 0.324. The van der Waals surface area contributed by atoms with Gasteiger partial charge < -0.3 is 5.11 Å². The van der Waals surface area contributed by atoms with Crippen LogP contribution in [0.2, 0.25) is 0 Å². The highest BCUT2D eigenvalue weighted by atomic mass is 19.2. The average molecular weight is 137 g/mol. The lowest BCUT2D eigenvalue weighted by Gasteiger charge is -1.96. The van der Waals surface area contributed by atoms with Gasteiger partial charge in [0.2, 0.25) is 6.17 Å². The second-order valence-corrected chi connectivity index (χ2v) is 1.85. The van der Waals surface area contributed by atoms with Crippen molar-refractivity contribution >= 4 is 5.91 Å². The van der Waals surface area contributed by atoms with Gasteiger partial charge in [-0.05, 0) is 0 Å². The number of rotatable bonds is 0. The summed E-state index contributed by atoms with van der Waals surface area (Å²) in [5.41, 5.74) is 0. The average Bonchev–Trinajstić information content (AvgIpc) is 1.98. The van der Waals surface area contributed by atoms with Crippen LogP contribution in [0, 0.1) is 0 Å². The zero-order valence-corrected chi connectivity index (χ0v) is 4.42. The van der Waals surface area contributed by atoms with E-state index in [-0.39, 0.29) is 5.12 Å². The molecule has 0 radical (unpaired) electrons. The molecule has 1 saturated heterocycles. The van der Waals surface area contributed by atoms with Gasteiger partial charge in [0.15, 0.2) is 0 Å². The van der Waals surface area contributed by atoms with Gasteiger partial charge in [0.05, 0.1) is 6.54 Å². The first-order valence-electron chi connectivity index (χ1n) is 2.42. The Morgan fingerprint density at radius 2 is 2.33 bits per heavy atom. The summed E-state index contributed by atoms with van der Waals surface area (Å²) >= 11 is 0. The molecule has 0 bridgehead atoms. The molecule has 1 N–H and O–H groups in total. The highest BCUT2D eigenvalue weighted by Crippen LogP contribution is 2.14. The summed E-state index contributed by atoms with van der Waals surface area (Å²) in [7, 11) is 0. The van der Waals surface area contributed by atoms with Crippen LogP contribution in [0.25, 0.3) is 0 Å². The van der Waals surface area contributed by atoms with Gasteiger partial charge in [-0.15, -0.1) is 0 Å². The molecule has 52 valence electrons. The van der Waals surface area contributed by atoms with E-state index in [1.807, 2.05) is 0 Å².